The lowest BCUT2D eigenvalue weighted by Crippen LogP contribution is -2.53. The summed E-state index contributed by atoms with van der Waals surface area (Å²) in [6.45, 7) is 0.798. The SMILES string of the molecule is O=C(CN1C(=O)CCC1=O)N1CCN(C(=O)c2ccc(NC3CC3)c([N+](=O)[O-])c2)CC1. The van der Waals surface area contributed by atoms with Gasteiger partial charge in [-0.1, -0.05) is 0 Å². The quantitative estimate of drug-likeness (QED) is 0.398. The van der Waals surface area contributed by atoms with Crippen LogP contribution in [-0.2, 0) is 14.4 Å². The van der Waals surface area contributed by atoms with E-state index < -0.39 is 4.92 Å². The molecule has 31 heavy (non-hydrogen) atoms. The van der Waals surface area contributed by atoms with Crippen molar-refractivity contribution in [2.75, 3.05) is 38.0 Å². The number of carbonyl (C=O) groups is 4. The van der Waals surface area contributed by atoms with E-state index in [1.165, 1.54) is 11.0 Å². The monoisotopic (exact) mass is 429 g/mol. The maximum atomic E-state index is 12.8. The number of piperazine rings is 1. The molecular formula is C20H23N5O6. The van der Waals surface area contributed by atoms with Crippen molar-refractivity contribution in [2.24, 2.45) is 0 Å². The van der Waals surface area contributed by atoms with Crippen LogP contribution in [0.1, 0.15) is 36.0 Å². The zero-order valence-electron chi connectivity index (χ0n) is 16.9. The number of nitro groups is 1. The second kappa shape index (κ2) is 8.32. The third kappa shape index (κ3) is 4.49. The van der Waals surface area contributed by atoms with E-state index in [1.54, 1.807) is 17.0 Å². The van der Waals surface area contributed by atoms with Crippen LogP contribution in [0.3, 0.4) is 0 Å². The summed E-state index contributed by atoms with van der Waals surface area (Å²) in [5.41, 5.74) is 0.498. The van der Waals surface area contributed by atoms with E-state index in [4.69, 9.17) is 0 Å². The van der Waals surface area contributed by atoms with Gasteiger partial charge in [0.05, 0.1) is 4.92 Å². The normalized spacial score (nSPS) is 19.0. The predicted molar refractivity (Wildman–Crippen MR) is 108 cm³/mol. The molecule has 2 heterocycles. The molecule has 1 aromatic carbocycles. The smallest absolute Gasteiger partial charge is 0.293 e. The fourth-order valence-corrected chi connectivity index (χ4v) is 3.76. The summed E-state index contributed by atoms with van der Waals surface area (Å²) in [7, 11) is 0. The van der Waals surface area contributed by atoms with Gasteiger partial charge >= 0.3 is 0 Å². The van der Waals surface area contributed by atoms with Crippen molar-refractivity contribution in [3.63, 3.8) is 0 Å². The number of amides is 4. The number of hydrogen-bond acceptors (Lipinski definition) is 7. The summed E-state index contributed by atoms with van der Waals surface area (Å²) in [6.07, 6.45) is 2.22. The van der Waals surface area contributed by atoms with E-state index >= 15 is 0 Å². The summed E-state index contributed by atoms with van der Waals surface area (Å²) in [5, 5.41) is 14.5. The molecular weight excluding hydrogens is 406 g/mol. The highest BCUT2D eigenvalue weighted by molar-refractivity contribution is 6.04. The molecule has 1 aromatic rings. The first kappa shape index (κ1) is 20.8. The molecule has 1 aliphatic carbocycles. The molecule has 0 aromatic heterocycles. The maximum Gasteiger partial charge on any atom is 0.293 e. The van der Waals surface area contributed by atoms with Crippen LogP contribution < -0.4 is 5.32 Å². The second-order valence-electron chi connectivity index (χ2n) is 7.95. The Balaban J connectivity index is 1.36. The molecule has 3 fully saturated rings. The lowest BCUT2D eigenvalue weighted by molar-refractivity contribution is -0.384. The van der Waals surface area contributed by atoms with Crippen LogP contribution in [0.4, 0.5) is 11.4 Å². The molecule has 11 heteroatoms. The fourth-order valence-electron chi connectivity index (χ4n) is 3.76. The van der Waals surface area contributed by atoms with Crippen LogP contribution in [0.2, 0.25) is 0 Å². The molecule has 0 unspecified atom stereocenters. The Labute approximate surface area is 178 Å². The van der Waals surface area contributed by atoms with Crippen molar-refractivity contribution in [1.29, 1.82) is 0 Å². The second-order valence-corrected chi connectivity index (χ2v) is 7.95. The van der Waals surface area contributed by atoms with Crippen molar-refractivity contribution < 1.29 is 24.1 Å². The number of imide groups is 1. The predicted octanol–water partition coefficient (Wildman–Crippen LogP) is 0.603. The van der Waals surface area contributed by atoms with Gasteiger partial charge in [0, 0.05) is 56.7 Å². The maximum absolute atomic E-state index is 12.8. The summed E-state index contributed by atoms with van der Waals surface area (Å²) in [6, 6.07) is 4.67. The van der Waals surface area contributed by atoms with Gasteiger partial charge in [-0.15, -0.1) is 0 Å². The molecule has 0 atom stereocenters. The third-order valence-electron chi connectivity index (χ3n) is 5.75. The standard InChI is InChI=1S/C20H23N5O6/c26-17-5-6-18(27)24(17)12-19(28)22-7-9-23(10-8-22)20(29)13-1-4-15(21-14-2-3-14)16(11-13)25(30)31/h1,4,11,14,21H,2-3,5-10,12H2. The highest BCUT2D eigenvalue weighted by atomic mass is 16.6. The van der Waals surface area contributed by atoms with Crippen LogP contribution >= 0.6 is 0 Å². The first-order chi connectivity index (χ1) is 14.8. The summed E-state index contributed by atoms with van der Waals surface area (Å²) < 4.78 is 0. The number of hydrogen-bond donors (Lipinski definition) is 1. The van der Waals surface area contributed by atoms with Gasteiger partial charge in [0.15, 0.2) is 0 Å². The first-order valence-electron chi connectivity index (χ1n) is 10.3. The number of benzene rings is 1. The molecule has 3 aliphatic rings. The molecule has 0 spiro atoms. The number of rotatable bonds is 6. The van der Waals surface area contributed by atoms with Crippen molar-refractivity contribution in [1.82, 2.24) is 14.7 Å². The summed E-state index contributed by atoms with van der Waals surface area (Å²) >= 11 is 0. The van der Waals surface area contributed by atoms with Gasteiger partial charge in [-0.3, -0.25) is 34.2 Å². The number of nitrogens with zero attached hydrogens (tertiary/aromatic N) is 4. The van der Waals surface area contributed by atoms with E-state index in [9.17, 15) is 29.3 Å². The third-order valence-corrected chi connectivity index (χ3v) is 5.75. The molecule has 1 N–H and O–H groups in total. The Kier molecular flexibility index (Phi) is 5.57. The minimum atomic E-state index is -0.501. The van der Waals surface area contributed by atoms with Crippen LogP contribution in [0, 0.1) is 10.1 Å². The molecule has 2 saturated heterocycles. The van der Waals surface area contributed by atoms with Crippen molar-refractivity contribution >= 4 is 35.0 Å². The van der Waals surface area contributed by atoms with Gasteiger partial charge in [-0.2, -0.15) is 0 Å². The van der Waals surface area contributed by atoms with Gasteiger partial charge in [-0.05, 0) is 25.0 Å². The zero-order chi connectivity index (χ0) is 22.1. The van der Waals surface area contributed by atoms with E-state index in [1.807, 2.05) is 0 Å². The van der Waals surface area contributed by atoms with Crippen molar-refractivity contribution in [3.8, 4) is 0 Å². The largest absolute Gasteiger partial charge is 0.377 e. The Hall–Kier alpha value is -3.50. The van der Waals surface area contributed by atoms with Crippen molar-refractivity contribution in [3.05, 3.63) is 33.9 Å². The first-order valence-corrected chi connectivity index (χ1v) is 10.3. The average molecular weight is 429 g/mol. The van der Waals surface area contributed by atoms with Gasteiger partial charge < -0.3 is 15.1 Å². The molecule has 1 saturated carbocycles. The number of carbonyl (C=O) groups excluding carboxylic acids is 4. The molecule has 164 valence electrons. The summed E-state index contributed by atoms with van der Waals surface area (Å²) in [4.78, 5) is 63.6. The Bertz CT molecular complexity index is 935. The molecule has 0 bridgehead atoms. The van der Waals surface area contributed by atoms with Gasteiger partial charge in [-0.25, -0.2) is 0 Å². The molecule has 4 rings (SSSR count). The minimum absolute atomic E-state index is 0.133. The van der Waals surface area contributed by atoms with Crippen LogP contribution in [0.15, 0.2) is 18.2 Å². The van der Waals surface area contributed by atoms with Crippen LogP contribution in [0.25, 0.3) is 0 Å². The Morgan fingerprint density at radius 3 is 2.23 bits per heavy atom. The highest BCUT2D eigenvalue weighted by Gasteiger charge is 2.33. The highest BCUT2D eigenvalue weighted by Crippen LogP contribution is 2.32. The average Bonchev–Trinajstić information content (AvgIpc) is 3.53. The Morgan fingerprint density at radius 1 is 1.03 bits per heavy atom. The summed E-state index contributed by atoms with van der Waals surface area (Å²) in [5.74, 6) is -1.35. The molecule has 2 aliphatic heterocycles. The van der Waals surface area contributed by atoms with E-state index in [2.05, 4.69) is 5.32 Å². The van der Waals surface area contributed by atoms with Crippen molar-refractivity contribution in [2.45, 2.75) is 31.7 Å². The number of nitrogens with one attached hydrogen (secondary N) is 1. The lowest BCUT2D eigenvalue weighted by atomic mass is 10.1. The number of likely N-dealkylation sites (tertiary alicyclic amines) is 1. The Morgan fingerprint density at radius 2 is 1.65 bits per heavy atom. The molecule has 0 radical (unpaired) electrons. The fraction of sp³-hybridized carbons (Fsp3) is 0.500. The minimum Gasteiger partial charge on any atom is -0.377 e. The van der Waals surface area contributed by atoms with Gasteiger partial charge in [0.1, 0.15) is 12.2 Å². The molecule has 11 nitrogen and oxygen atoms in total. The van der Waals surface area contributed by atoms with Crippen LogP contribution in [-0.4, -0.2) is 82.0 Å². The van der Waals surface area contributed by atoms with E-state index in [0.29, 0.717) is 5.69 Å². The van der Waals surface area contributed by atoms with Crippen LogP contribution in [0.5, 0.6) is 0 Å². The van der Waals surface area contributed by atoms with Gasteiger partial charge in [0.25, 0.3) is 11.6 Å². The molecule has 4 amide bonds. The topological polar surface area (TPSA) is 133 Å². The zero-order valence-corrected chi connectivity index (χ0v) is 16.9. The van der Waals surface area contributed by atoms with E-state index in [-0.39, 0.29) is 86.5 Å². The number of nitro benzene ring substituents is 1. The number of anilines is 1. The van der Waals surface area contributed by atoms with Gasteiger partial charge in [0.2, 0.25) is 17.7 Å². The van der Waals surface area contributed by atoms with E-state index in [0.717, 1.165) is 17.7 Å². The lowest BCUT2D eigenvalue weighted by Gasteiger charge is -2.35.